The second-order valence-corrected chi connectivity index (χ2v) is 18.5. The molecule has 11 nitrogen and oxygen atoms in total. The van der Waals surface area contributed by atoms with Crippen molar-refractivity contribution in [1.29, 1.82) is 0 Å². The molecular formula is C42H65Cl2N3O8. The number of alkyl carbamates (subject to hydrolysis) is 1. The Bertz CT molecular complexity index is 1400. The Morgan fingerprint density at radius 1 is 1.02 bits per heavy atom. The standard InChI is InChI=1S/C42H65Cl2N3O8/c1-29-34-9-6-8-32-15-19-41(5)52-38(42(32,34)55-54-41)51-36(29)10-7-22-46-23-16-30(17-24-46)18-27-50-37(48)35(45-39(49)53-40(2,3)4)28-31-11-13-33(14-12-31)47(25-20-43)26-21-44/h11-14,29-30,32,34-36,38H,6-10,15-28H2,1-5H3,(H,45,49). The van der Waals surface area contributed by atoms with Crippen LogP contribution in [0.3, 0.4) is 0 Å². The number of esters is 1. The third-order valence-electron chi connectivity index (χ3n) is 12.7. The van der Waals surface area contributed by atoms with Crippen molar-refractivity contribution >= 4 is 41.0 Å². The first-order valence-corrected chi connectivity index (χ1v) is 21.9. The predicted octanol–water partition coefficient (Wildman–Crippen LogP) is 7.84. The molecule has 6 aliphatic rings. The lowest BCUT2D eigenvalue weighted by atomic mass is 9.60. The summed E-state index contributed by atoms with van der Waals surface area (Å²) in [5, 5.41) is 2.76. The van der Waals surface area contributed by atoms with E-state index < -0.39 is 35.1 Å². The van der Waals surface area contributed by atoms with Crippen LogP contribution in [-0.4, -0.2) is 103 Å². The number of nitrogens with zero attached hydrogens (tertiary/aromatic N) is 2. The van der Waals surface area contributed by atoms with Gasteiger partial charge in [-0.25, -0.2) is 19.4 Å². The van der Waals surface area contributed by atoms with E-state index in [4.69, 9.17) is 51.9 Å². The maximum atomic E-state index is 13.4. The van der Waals surface area contributed by atoms with Crippen LogP contribution < -0.4 is 10.2 Å². The minimum absolute atomic E-state index is 0.152. The van der Waals surface area contributed by atoms with E-state index in [0.717, 1.165) is 88.7 Å². The first kappa shape index (κ1) is 42.7. The Morgan fingerprint density at radius 2 is 1.75 bits per heavy atom. The average molecular weight is 811 g/mol. The highest BCUT2D eigenvalue weighted by Crippen LogP contribution is 2.59. The van der Waals surface area contributed by atoms with Gasteiger partial charge in [0.05, 0.1) is 12.7 Å². The van der Waals surface area contributed by atoms with Gasteiger partial charge in [0.1, 0.15) is 11.6 Å². The number of anilines is 1. The molecule has 0 radical (unpaired) electrons. The number of piperidine rings is 1. The van der Waals surface area contributed by atoms with Gasteiger partial charge < -0.3 is 34.1 Å². The fourth-order valence-corrected chi connectivity index (χ4v) is 10.1. The normalized spacial score (nSPS) is 31.6. The fraction of sp³-hybridized carbons (Fsp3) is 0.810. The Kier molecular flexibility index (Phi) is 14.6. The molecule has 8 atom stereocenters. The van der Waals surface area contributed by atoms with Crippen molar-refractivity contribution in [2.24, 2.45) is 23.7 Å². The van der Waals surface area contributed by atoms with E-state index >= 15 is 0 Å². The minimum atomic E-state index is -0.876. The lowest BCUT2D eigenvalue weighted by Gasteiger charge is -2.59. The Labute approximate surface area is 338 Å². The predicted molar refractivity (Wildman–Crippen MR) is 213 cm³/mol. The second kappa shape index (κ2) is 18.8. The zero-order chi connectivity index (χ0) is 39.2. The van der Waals surface area contributed by atoms with Crippen LogP contribution in [0, 0.1) is 23.7 Å². The van der Waals surface area contributed by atoms with E-state index in [1.54, 1.807) is 20.8 Å². The SMILES string of the molecule is CC1C(CCCN2CCC(CCOC(=O)C(Cc3ccc(N(CCCl)CCCl)cc3)NC(=O)OC(C)(C)C)CC2)OC2OC3(C)CCC4CCCC1C42OO3. The van der Waals surface area contributed by atoms with Crippen LogP contribution >= 0.6 is 23.2 Å². The quantitative estimate of drug-likeness (QED) is 0.101. The Balaban J connectivity index is 0.938. The minimum Gasteiger partial charge on any atom is -0.464 e. The molecule has 1 saturated carbocycles. The molecule has 2 bridgehead atoms. The van der Waals surface area contributed by atoms with Gasteiger partial charge in [-0.1, -0.05) is 25.5 Å². The van der Waals surface area contributed by atoms with Crippen molar-refractivity contribution in [2.75, 3.05) is 56.0 Å². The summed E-state index contributed by atoms with van der Waals surface area (Å²) in [5.74, 6) is 1.49. The molecule has 13 heteroatoms. The van der Waals surface area contributed by atoms with Crippen molar-refractivity contribution in [3.8, 4) is 0 Å². The number of carbonyl (C=O) groups is 2. The number of halogens is 2. The first-order valence-electron chi connectivity index (χ1n) is 20.9. The monoisotopic (exact) mass is 809 g/mol. The number of carbonyl (C=O) groups excluding carboxylic acids is 2. The molecule has 1 N–H and O–H groups in total. The van der Waals surface area contributed by atoms with Crippen molar-refractivity contribution < 1.29 is 38.3 Å². The molecule has 310 valence electrons. The Hall–Kier alpha value is -1.86. The van der Waals surface area contributed by atoms with Gasteiger partial charge in [0.2, 0.25) is 5.79 Å². The topological polar surface area (TPSA) is 108 Å². The van der Waals surface area contributed by atoms with E-state index in [2.05, 4.69) is 22.0 Å². The molecule has 1 aromatic rings. The van der Waals surface area contributed by atoms with Crippen LogP contribution in [0.2, 0.25) is 0 Å². The molecule has 1 spiro atoms. The summed E-state index contributed by atoms with van der Waals surface area (Å²) in [5.41, 5.74) is 0.728. The van der Waals surface area contributed by atoms with Crippen molar-refractivity contribution in [3.05, 3.63) is 29.8 Å². The van der Waals surface area contributed by atoms with Gasteiger partial charge >= 0.3 is 12.1 Å². The van der Waals surface area contributed by atoms with Crippen molar-refractivity contribution in [1.82, 2.24) is 10.2 Å². The molecule has 55 heavy (non-hydrogen) atoms. The fourth-order valence-electron chi connectivity index (χ4n) is 9.70. The number of alkyl halides is 2. The molecule has 7 rings (SSSR count). The van der Waals surface area contributed by atoms with Crippen LogP contribution in [-0.2, 0) is 39.9 Å². The third kappa shape index (κ3) is 10.6. The molecule has 1 aromatic carbocycles. The summed E-state index contributed by atoms with van der Waals surface area (Å²) in [6.45, 7) is 14.5. The number of ether oxygens (including phenoxy) is 4. The summed E-state index contributed by atoms with van der Waals surface area (Å²) in [7, 11) is 0. The number of hydrogen-bond donors (Lipinski definition) is 1. The lowest BCUT2D eigenvalue weighted by molar-refractivity contribution is -0.569. The maximum absolute atomic E-state index is 13.4. The highest BCUT2D eigenvalue weighted by Gasteiger charge is 2.68. The number of nitrogens with one attached hydrogen (secondary N) is 1. The van der Waals surface area contributed by atoms with E-state index in [1.807, 2.05) is 31.2 Å². The zero-order valence-corrected chi connectivity index (χ0v) is 35.2. The molecule has 8 unspecified atom stereocenters. The number of amides is 1. The largest absolute Gasteiger partial charge is 0.464 e. The molecule has 5 aliphatic heterocycles. The third-order valence-corrected chi connectivity index (χ3v) is 13.0. The van der Waals surface area contributed by atoms with Crippen molar-refractivity contribution in [3.63, 3.8) is 0 Å². The van der Waals surface area contributed by atoms with Gasteiger partial charge in [-0.15, -0.1) is 23.2 Å². The van der Waals surface area contributed by atoms with Gasteiger partial charge in [0.25, 0.3) is 0 Å². The van der Waals surface area contributed by atoms with E-state index in [9.17, 15) is 9.59 Å². The molecule has 0 aromatic heterocycles. The van der Waals surface area contributed by atoms with Crippen LogP contribution in [0.5, 0.6) is 0 Å². The van der Waals surface area contributed by atoms with E-state index in [0.29, 0.717) is 55.1 Å². The molecule has 5 saturated heterocycles. The van der Waals surface area contributed by atoms with E-state index in [1.165, 1.54) is 6.42 Å². The molecule has 6 fully saturated rings. The molecule has 1 amide bonds. The summed E-state index contributed by atoms with van der Waals surface area (Å²) < 4.78 is 24.6. The Morgan fingerprint density at radius 3 is 2.44 bits per heavy atom. The van der Waals surface area contributed by atoms with Gasteiger partial charge in [0.15, 0.2) is 11.9 Å². The summed E-state index contributed by atoms with van der Waals surface area (Å²) >= 11 is 12.0. The molecule has 1 aliphatic carbocycles. The summed E-state index contributed by atoms with van der Waals surface area (Å²) in [6.07, 6.45) is 9.90. The number of benzene rings is 1. The second-order valence-electron chi connectivity index (χ2n) is 17.7. The van der Waals surface area contributed by atoms with E-state index in [-0.39, 0.29) is 18.8 Å². The maximum Gasteiger partial charge on any atom is 0.408 e. The van der Waals surface area contributed by atoms with Crippen molar-refractivity contribution in [2.45, 2.75) is 141 Å². The van der Waals surface area contributed by atoms with Crippen LogP contribution in [0.4, 0.5) is 10.5 Å². The average Bonchev–Trinajstić information content (AvgIpc) is 3.37. The highest BCUT2D eigenvalue weighted by molar-refractivity contribution is 6.18. The number of hydrogen-bond acceptors (Lipinski definition) is 10. The number of fused-ring (bicyclic) bond motifs is 2. The van der Waals surface area contributed by atoms with Gasteiger partial charge in [-0.05, 0) is 134 Å². The highest BCUT2D eigenvalue weighted by atomic mass is 35.5. The zero-order valence-electron chi connectivity index (χ0n) is 33.7. The van der Waals surface area contributed by atoms with Crippen LogP contribution in [0.1, 0.15) is 104 Å². The van der Waals surface area contributed by atoms with Gasteiger partial charge in [0, 0.05) is 49.3 Å². The smallest absolute Gasteiger partial charge is 0.408 e. The van der Waals surface area contributed by atoms with Gasteiger partial charge in [-0.3, -0.25) is 0 Å². The molecule has 5 heterocycles. The molecular weight excluding hydrogens is 745 g/mol. The number of likely N-dealkylation sites (tertiary alicyclic amines) is 1. The number of rotatable bonds is 16. The van der Waals surface area contributed by atoms with Crippen LogP contribution in [0.15, 0.2) is 24.3 Å². The van der Waals surface area contributed by atoms with Gasteiger partial charge in [-0.2, -0.15) is 0 Å². The summed E-state index contributed by atoms with van der Waals surface area (Å²) in [6, 6.07) is 7.01. The lowest BCUT2D eigenvalue weighted by Crippen LogP contribution is -2.69. The first-order chi connectivity index (χ1) is 26.3. The van der Waals surface area contributed by atoms with Crippen LogP contribution in [0.25, 0.3) is 0 Å². The summed E-state index contributed by atoms with van der Waals surface area (Å²) in [4.78, 5) is 43.0.